The smallest absolute Gasteiger partial charge is 0.232 e. The minimum atomic E-state index is -0.130. The van der Waals surface area contributed by atoms with Crippen LogP contribution in [0.15, 0.2) is 66.4 Å². The molecular weight excluding hydrogens is 388 g/mol. The zero-order valence-corrected chi connectivity index (χ0v) is 16.8. The maximum atomic E-state index is 12.8. The van der Waals surface area contributed by atoms with Crippen LogP contribution in [0.1, 0.15) is 27.0 Å². The van der Waals surface area contributed by atoms with E-state index in [-0.39, 0.29) is 11.5 Å². The quantitative estimate of drug-likeness (QED) is 0.498. The average molecular weight is 407 g/mol. The van der Waals surface area contributed by atoms with Crippen LogP contribution in [-0.4, -0.2) is 12.9 Å². The van der Waals surface area contributed by atoms with Gasteiger partial charge in [0.25, 0.3) is 0 Å². The van der Waals surface area contributed by atoms with Crippen molar-refractivity contribution in [3.05, 3.63) is 93.7 Å². The van der Waals surface area contributed by atoms with Crippen molar-refractivity contribution in [2.45, 2.75) is 13.5 Å². The summed E-state index contributed by atoms with van der Waals surface area (Å²) in [5, 5.41) is 0.642. The third kappa shape index (κ3) is 4.13. The molecule has 3 aromatic rings. The number of carbonyl (C=O) groups is 1. The summed E-state index contributed by atoms with van der Waals surface area (Å²) in [7, 11) is 1.63. The number of methoxy groups -OCH3 is 1. The summed E-state index contributed by atoms with van der Waals surface area (Å²) in [4.78, 5) is 12.8. The first-order chi connectivity index (χ1) is 14.0. The van der Waals surface area contributed by atoms with Crippen LogP contribution in [0, 0.1) is 6.92 Å². The predicted octanol–water partition coefficient (Wildman–Crippen LogP) is 5.85. The Morgan fingerprint density at radius 1 is 1.00 bits per heavy atom. The first-order valence-corrected chi connectivity index (χ1v) is 9.51. The van der Waals surface area contributed by atoms with Gasteiger partial charge in [0.05, 0.1) is 12.7 Å². The number of allylic oxidation sites excluding steroid dienone is 1. The molecule has 0 unspecified atom stereocenters. The molecule has 5 heteroatoms. The molecule has 29 heavy (non-hydrogen) atoms. The molecule has 0 N–H and O–H groups in total. The summed E-state index contributed by atoms with van der Waals surface area (Å²) in [6.45, 7) is 2.29. The lowest BCUT2D eigenvalue weighted by molar-refractivity contribution is 0.101. The Balaban J connectivity index is 1.53. The van der Waals surface area contributed by atoms with Gasteiger partial charge in [-0.3, -0.25) is 4.79 Å². The maximum Gasteiger partial charge on any atom is 0.232 e. The molecule has 0 spiro atoms. The summed E-state index contributed by atoms with van der Waals surface area (Å²) in [6.07, 6.45) is 1.72. The van der Waals surface area contributed by atoms with Crippen LogP contribution in [0.4, 0.5) is 0 Å². The van der Waals surface area contributed by atoms with Gasteiger partial charge in [0.1, 0.15) is 23.9 Å². The molecule has 0 atom stereocenters. The van der Waals surface area contributed by atoms with Crippen LogP contribution >= 0.6 is 11.6 Å². The number of Topliss-reactive ketones (excluding diaryl/α,β-unsaturated/α-hetero) is 1. The molecule has 4 rings (SSSR count). The van der Waals surface area contributed by atoms with Crippen LogP contribution in [-0.2, 0) is 6.61 Å². The van der Waals surface area contributed by atoms with Crippen LogP contribution in [0.25, 0.3) is 6.08 Å². The number of aryl methyl sites for hydroxylation is 1. The van der Waals surface area contributed by atoms with E-state index in [2.05, 4.69) is 0 Å². The molecular formula is C24H19ClO4. The fraction of sp³-hybridized carbons (Fsp3) is 0.125. The Morgan fingerprint density at radius 3 is 2.41 bits per heavy atom. The van der Waals surface area contributed by atoms with Crippen molar-refractivity contribution in [2.24, 2.45) is 0 Å². The van der Waals surface area contributed by atoms with Crippen LogP contribution < -0.4 is 14.2 Å². The number of rotatable bonds is 5. The van der Waals surface area contributed by atoms with Gasteiger partial charge in [-0.25, -0.2) is 0 Å². The highest BCUT2D eigenvalue weighted by molar-refractivity contribution is 6.30. The predicted molar refractivity (Wildman–Crippen MR) is 113 cm³/mol. The molecule has 0 aliphatic carbocycles. The molecule has 146 valence electrons. The number of fused-ring (bicyclic) bond motifs is 1. The minimum absolute atomic E-state index is 0.130. The number of hydrogen-bond acceptors (Lipinski definition) is 4. The lowest BCUT2D eigenvalue weighted by atomic mass is 10.0. The Kier molecular flexibility index (Phi) is 5.28. The minimum Gasteiger partial charge on any atom is -0.497 e. The Bertz CT molecular complexity index is 1080. The first kappa shape index (κ1) is 19.1. The highest BCUT2D eigenvalue weighted by atomic mass is 35.5. The number of hydrogen-bond donors (Lipinski definition) is 0. The molecule has 0 aromatic heterocycles. The molecule has 0 amide bonds. The molecule has 4 nitrogen and oxygen atoms in total. The van der Waals surface area contributed by atoms with E-state index >= 15 is 0 Å². The van der Waals surface area contributed by atoms with Crippen molar-refractivity contribution in [1.29, 1.82) is 0 Å². The van der Waals surface area contributed by atoms with E-state index in [0.717, 1.165) is 22.4 Å². The fourth-order valence-electron chi connectivity index (χ4n) is 3.16. The molecule has 1 heterocycles. The SMILES string of the molecule is COc1ccc(COc2cc(C)c3c(c2)O/C(=C\c2ccc(Cl)cc2)C3=O)cc1. The van der Waals surface area contributed by atoms with E-state index in [4.69, 9.17) is 25.8 Å². The maximum absolute atomic E-state index is 12.8. The summed E-state index contributed by atoms with van der Waals surface area (Å²) in [5.74, 6) is 2.12. The molecule has 0 bridgehead atoms. The van der Waals surface area contributed by atoms with Gasteiger partial charge in [0.2, 0.25) is 5.78 Å². The van der Waals surface area contributed by atoms with Crippen molar-refractivity contribution in [3.8, 4) is 17.2 Å². The molecule has 1 aliphatic heterocycles. The van der Waals surface area contributed by atoms with Gasteiger partial charge in [0, 0.05) is 11.1 Å². The summed E-state index contributed by atoms with van der Waals surface area (Å²) in [6, 6.07) is 18.5. The largest absolute Gasteiger partial charge is 0.497 e. The third-order valence-corrected chi connectivity index (χ3v) is 4.93. The van der Waals surface area contributed by atoms with Gasteiger partial charge in [0.15, 0.2) is 5.76 Å². The van der Waals surface area contributed by atoms with Gasteiger partial charge in [-0.05, 0) is 60.0 Å². The number of carbonyl (C=O) groups excluding carboxylic acids is 1. The van der Waals surface area contributed by atoms with E-state index in [1.165, 1.54) is 0 Å². The molecule has 0 radical (unpaired) electrons. The highest BCUT2D eigenvalue weighted by Gasteiger charge is 2.30. The van der Waals surface area contributed by atoms with Crippen LogP contribution in [0.5, 0.6) is 17.2 Å². The van der Waals surface area contributed by atoms with Crippen LogP contribution in [0.2, 0.25) is 5.02 Å². The monoisotopic (exact) mass is 406 g/mol. The average Bonchev–Trinajstić information content (AvgIpc) is 3.04. The second kappa shape index (κ2) is 8.02. The van der Waals surface area contributed by atoms with E-state index in [1.54, 1.807) is 31.4 Å². The zero-order chi connectivity index (χ0) is 20.4. The number of ether oxygens (including phenoxy) is 3. The third-order valence-electron chi connectivity index (χ3n) is 4.68. The van der Waals surface area contributed by atoms with Gasteiger partial charge in [-0.15, -0.1) is 0 Å². The van der Waals surface area contributed by atoms with Gasteiger partial charge >= 0.3 is 0 Å². The lowest BCUT2D eigenvalue weighted by Gasteiger charge is -2.09. The van der Waals surface area contributed by atoms with Crippen molar-refractivity contribution < 1.29 is 19.0 Å². The fourth-order valence-corrected chi connectivity index (χ4v) is 3.29. The molecule has 0 saturated heterocycles. The van der Waals surface area contributed by atoms with Crippen LogP contribution in [0.3, 0.4) is 0 Å². The Morgan fingerprint density at radius 2 is 1.72 bits per heavy atom. The second-order valence-corrected chi connectivity index (χ2v) is 7.18. The summed E-state index contributed by atoms with van der Waals surface area (Å²) < 4.78 is 16.9. The topological polar surface area (TPSA) is 44.8 Å². The van der Waals surface area contributed by atoms with Crippen molar-refractivity contribution >= 4 is 23.5 Å². The normalized spacial score (nSPS) is 13.9. The summed E-state index contributed by atoms with van der Waals surface area (Å²) >= 11 is 5.92. The summed E-state index contributed by atoms with van der Waals surface area (Å²) in [5.41, 5.74) is 3.25. The van der Waals surface area contributed by atoms with Crippen molar-refractivity contribution in [1.82, 2.24) is 0 Å². The molecule has 1 aliphatic rings. The van der Waals surface area contributed by atoms with Crippen molar-refractivity contribution in [2.75, 3.05) is 7.11 Å². The van der Waals surface area contributed by atoms with Crippen molar-refractivity contribution in [3.63, 3.8) is 0 Å². The van der Waals surface area contributed by atoms with E-state index in [1.807, 2.05) is 49.4 Å². The number of benzene rings is 3. The van der Waals surface area contributed by atoms with E-state index in [0.29, 0.717) is 28.7 Å². The molecule has 3 aromatic carbocycles. The van der Waals surface area contributed by atoms with E-state index in [9.17, 15) is 4.79 Å². The van der Waals surface area contributed by atoms with E-state index < -0.39 is 0 Å². The first-order valence-electron chi connectivity index (χ1n) is 9.13. The molecule has 0 saturated carbocycles. The van der Waals surface area contributed by atoms with Gasteiger partial charge in [-0.1, -0.05) is 35.9 Å². The molecule has 0 fully saturated rings. The van der Waals surface area contributed by atoms with Gasteiger partial charge < -0.3 is 14.2 Å². The lowest BCUT2D eigenvalue weighted by Crippen LogP contribution is -2.00. The Hall–Kier alpha value is -3.24. The highest BCUT2D eigenvalue weighted by Crippen LogP contribution is 2.37. The second-order valence-electron chi connectivity index (χ2n) is 6.74. The van der Waals surface area contributed by atoms with Gasteiger partial charge in [-0.2, -0.15) is 0 Å². The number of halogens is 1. The Labute approximate surface area is 174 Å². The zero-order valence-electron chi connectivity index (χ0n) is 16.1. The number of ketones is 1. The standard InChI is InChI=1S/C24H19ClO4/c1-15-11-20(28-14-17-5-9-19(27-2)10-6-17)13-21-23(15)24(26)22(29-21)12-16-3-7-18(25)8-4-16/h3-13H,14H2,1-2H3/b22-12-.